The molecule has 2 aromatic rings. The fourth-order valence-electron chi connectivity index (χ4n) is 3.07. The van der Waals surface area contributed by atoms with Gasteiger partial charge in [-0.05, 0) is 38.0 Å². The Balaban J connectivity index is 1.84. The van der Waals surface area contributed by atoms with Gasteiger partial charge in [-0.25, -0.2) is 0 Å². The highest BCUT2D eigenvalue weighted by molar-refractivity contribution is 5.60. The van der Waals surface area contributed by atoms with Gasteiger partial charge >= 0.3 is 0 Å². The lowest BCUT2D eigenvalue weighted by atomic mass is 9.94. The summed E-state index contributed by atoms with van der Waals surface area (Å²) in [6, 6.07) is 8.72. The molecule has 0 amide bonds. The number of hydrogen-bond acceptors (Lipinski definition) is 5. The van der Waals surface area contributed by atoms with Crippen LogP contribution < -0.4 is 4.90 Å². The summed E-state index contributed by atoms with van der Waals surface area (Å²) in [4.78, 5) is 12.6. The number of anilines is 1. The van der Waals surface area contributed by atoms with E-state index in [1.54, 1.807) is 12.1 Å². The van der Waals surface area contributed by atoms with Crippen molar-refractivity contribution in [1.82, 2.24) is 10.2 Å². The molecule has 7 nitrogen and oxygen atoms in total. The maximum absolute atomic E-state index is 10.9. The third-order valence-electron chi connectivity index (χ3n) is 4.23. The summed E-state index contributed by atoms with van der Waals surface area (Å²) < 4.78 is 0. The zero-order valence-electron chi connectivity index (χ0n) is 12.8. The average molecular weight is 311 g/mol. The number of aromatic nitrogens is 2. The maximum atomic E-state index is 10.9. The van der Waals surface area contributed by atoms with Crippen molar-refractivity contribution in [3.05, 3.63) is 51.3 Å². The number of nitriles is 1. The highest BCUT2D eigenvalue weighted by Crippen LogP contribution is 2.31. The number of nitrogens with zero attached hydrogens (tertiary/aromatic N) is 4. The lowest BCUT2D eigenvalue weighted by Gasteiger charge is -2.33. The third-order valence-corrected chi connectivity index (χ3v) is 4.23. The minimum Gasteiger partial charge on any atom is -0.371 e. The number of hydrogen-bond donors (Lipinski definition) is 1. The van der Waals surface area contributed by atoms with Gasteiger partial charge in [-0.15, -0.1) is 0 Å². The van der Waals surface area contributed by atoms with Crippen LogP contribution in [0.4, 0.5) is 11.4 Å². The van der Waals surface area contributed by atoms with E-state index >= 15 is 0 Å². The number of nitro benzene ring substituents is 1. The highest BCUT2D eigenvalue weighted by atomic mass is 16.6. The molecule has 1 aromatic heterocycles. The summed E-state index contributed by atoms with van der Waals surface area (Å²) in [6.07, 6.45) is 2.09. The van der Waals surface area contributed by atoms with Crippen LogP contribution in [-0.2, 0) is 0 Å². The Hall–Kier alpha value is -2.88. The summed E-state index contributed by atoms with van der Waals surface area (Å²) in [5.41, 5.74) is 2.90. The van der Waals surface area contributed by atoms with Crippen molar-refractivity contribution in [3.63, 3.8) is 0 Å². The van der Waals surface area contributed by atoms with Crippen LogP contribution in [0.3, 0.4) is 0 Å². The minimum absolute atomic E-state index is 0.102. The molecule has 118 valence electrons. The Bertz CT molecular complexity index is 777. The van der Waals surface area contributed by atoms with Crippen molar-refractivity contribution in [2.75, 3.05) is 18.0 Å². The first kappa shape index (κ1) is 15.0. The second kappa shape index (κ2) is 6.08. The van der Waals surface area contributed by atoms with Crippen molar-refractivity contribution in [2.45, 2.75) is 25.7 Å². The smallest absolute Gasteiger partial charge is 0.287 e. The number of rotatable bonds is 3. The molecule has 0 unspecified atom stereocenters. The van der Waals surface area contributed by atoms with Crippen molar-refractivity contribution in [2.24, 2.45) is 0 Å². The molecule has 0 aliphatic carbocycles. The van der Waals surface area contributed by atoms with E-state index < -0.39 is 4.92 Å². The molecule has 0 saturated carbocycles. The lowest BCUT2D eigenvalue weighted by Crippen LogP contribution is -2.34. The number of aryl methyl sites for hydroxylation is 1. The Morgan fingerprint density at radius 3 is 2.96 bits per heavy atom. The molecule has 0 spiro atoms. The number of nitro groups is 1. The molecule has 1 aliphatic rings. The molecule has 1 aliphatic heterocycles. The normalized spacial score (nSPS) is 17.7. The van der Waals surface area contributed by atoms with Gasteiger partial charge in [0, 0.05) is 36.5 Å². The second-order valence-corrected chi connectivity index (χ2v) is 5.83. The van der Waals surface area contributed by atoms with Gasteiger partial charge < -0.3 is 4.90 Å². The Morgan fingerprint density at radius 1 is 1.48 bits per heavy atom. The molecule has 7 heteroatoms. The van der Waals surface area contributed by atoms with E-state index in [1.807, 2.05) is 13.0 Å². The van der Waals surface area contributed by atoms with Gasteiger partial charge in [0.15, 0.2) is 0 Å². The van der Waals surface area contributed by atoms with Gasteiger partial charge in [-0.1, -0.05) is 0 Å². The second-order valence-electron chi connectivity index (χ2n) is 5.83. The van der Waals surface area contributed by atoms with Gasteiger partial charge in [0.25, 0.3) is 5.69 Å². The van der Waals surface area contributed by atoms with E-state index in [4.69, 9.17) is 5.26 Å². The summed E-state index contributed by atoms with van der Waals surface area (Å²) >= 11 is 0. The monoisotopic (exact) mass is 311 g/mol. The van der Waals surface area contributed by atoms with E-state index in [9.17, 15) is 10.1 Å². The number of H-pyrrole nitrogens is 1. The van der Waals surface area contributed by atoms with Gasteiger partial charge in [0.2, 0.25) is 0 Å². The van der Waals surface area contributed by atoms with Crippen LogP contribution in [0, 0.1) is 28.4 Å². The van der Waals surface area contributed by atoms with Crippen molar-refractivity contribution < 1.29 is 4.92 Å². The molecular formula is C16H17N5O2. The Morgan fingerprint density at radius 2 is 2.30 bits per heavy atom. The molecule has 2 heterocycles. The fourth-order valence-corrected chi connectivity index (χ4v) is 3.07. The summed E-state index contributed by atoms with van der Waals surface area (Å²) in [5, 5.41) is 27.4. The zero-order chi connectivity index (χ0) is 16.4. The van der Waals surface area contributed by atoms with Crippen molar-refractivity contribution >= 4 is 11.4 Å². The molecule has 0 bridgehead atoms. The summed E-state index contributed by atoms with van der Waals surface area (Å²) in [5.74, 6) is 0.328. The summed E-state index contributed by atoms with van der Waals surface area (Å²) in [7, 11) is 0. The first-order chi connectivity index (χ1) is 11.1. The summed E-state index contributed by atoms with van der Waals surface area (Å²) in [6.45, 7) is 3.65. The number of benzene rings is 1. The lowest BCUT2D eigenvalue weighted by molar-refractivity contribution is -0.385. The van der Waals surface area contributed by atoms with Crippen LogP contribution in [0.15, 0.2) is 24.3 Å². The molecule has 1 saturated heterocycles. The quantitative estimate of drug-likeness (QED) is 0.694. The van der Waals surface area contributed by atoms with Crippen LogP contribution >= 0.6 is 0 Å². The fraction of sp³-hybridized carbons (Fsp3) is 0.375. The SMILES string of the molecule is Cc1cc([C@H]2CCCN(c3ccc([N+](=O)[O-])c(C#N)c3)C2)n[nH]1. The topological polar surface area (TPSA) is 98.8 Å². The van der Waals surface area contributed by atoms with E-state index in [-0.39, 0.29) is 11.3 Å². The van der Waals surface area contributed by atoms with Gasteiger partial charge in [-0.2, -0.15) is 10.4 Å². The number of piperidine rings is 1. The molecular weight excluding hydrogens is 294 g/mol. The minimum atomic E-state index is -0.520. The van der Waals surface area contributed by atoms with E-state index in [2.05, 4.69) is 21.2 Å². The molecule has 3 rings (SSSR count). The zero-order valence-corrected chi connectivity index (χ0v) is 12.8. The van der Waals surface area contributed by atoms with Crippen LogP contribution in [0.2, 0.25) is 0 Å². The van der Waals surface area contributed by atoms with E-state index in [0.29, 0.717) is 5.92 Å². The average Bonchev–Trinajstić information content (AvgIpc) is 3.01. The van der Waals surface area contributed by atoms with Crippen LogP contribution in [0.5, 0.6) is 0 Å². The van der Waals surface area contributed by atoms with E-state index in [0.717, 1.165) is 43.0 Å². The third kappa shape index (κ3) is 3.01. The van der Waals surface area contributed by atoms with Crippen molar-refractivity contribution in [3.8, 4) is 6.07 Å². The van der Waals surface area contributed by atoms with Gasteiger partial charge in [0.05, 0.1) is 10.6 Å². The predicted molar refractivity (Wildman–Crippen MR) is 85.3 cm³/mol. The van der Waals surface area contributed by atoms with Crippen LogP contribution in [-0.4, -0.2) is 28.2 Å². The Labute approximate surface area is 133 Å². The number of nitrogens with one attached hydrogen (secondary N) is 1. The van der Waals surface area contributed by atoms with Crippen LogP contribution in [0.25, 0.3) is 0 Å². The van der Waals surface area contributed by atoms with Gasteiger partial charge in [0.1, 0.15) is 11.6 Å². The number of aromatic amines is 1. The van der Waals surface area contributed by atoms with Crippen LogP contribution in [0.1, 0.15) is 35.7 Å². The molecule has 23 heavy (non-hydrogen) atoms. The molecule has 1 aromatic carbocycles. The van der Waals surface area contributed by atoms with Crippen molar-refractivity contribution in [1.29, 1.82) is 5.26 Å². The predicted octanol–water partition coefficient (Wildman–Crippen LogP) is 2.88. The molecule has 1 atom stereocenters. The van der Waals surface area contributed by atoms with E-state index in [1.165, 1.54) is 6.07 Å². The molecule has 0 radical (unpaired) electrons. The largest absolute Gasteiger partial charge is 0.371 e. The maximum Gasteiger partial charge on any atom is 0.287 e. The first-order valence-corrected chi connectivity index (χ1v) is 7.54. The molecule has 1 N–H and O–H groups in total. The highest BCUT2D eigenvalue weighted by Gasteiger charge is 2.24. The first-order valence-electron chi connectivity index (χ1n) is 7.54. The van der Waals surface area contributed by atoms with Gasteiger partial charge in [-0.3, -0.25) is 15.2 Å². The standard InChI is InChI=1S/C16H17N5O2/c1-11-7-15(19-18-11)12-3-2-6-20(10-12)14-4-5-16(21(22)23)13(8-14)9-17/h4-5,7-8,12H,2-3,6,10H2,1H3,(H,18,19)/t12-/m0/s1. The Kier molecular flexibility index (Phi) is 3.98. The molecule has 1 fully saturated rings.